The van der Waals surface area contributed by atoms with Gasteiger partial charge in [-0.25, -0.2) is 4.98 Å². The quantitative estimate of drug-likeness (QED) is 0.0802. The number of anilines is 2. The molecule has 0 spiro atoms. The van der Waals surface area contributed by atoms with E-state index in [0.29, 0.717) is 39.0 Å². The molecule has 0 bridgehead atoms. The molecular weight excluding hydrogens is 874 g/mol. The van der Waals surface area contributed by atoms with E-state index in [2.05, 4.69) is 26.3 Å². The molecule has 298 valence electrons. The van der Waals surface area contributed by atoms with Gasteiger partial charge in [0.15, 0.2) is 17.3 Å². The molecule has 0 radical (unpaired) electrons. The predicted octanol–water partition coefficient (Wildman–Crippen LogP) is 7.98. The molecule has 1 aromatic heterocycles. The number of non-ortho nitro benzene ring substituents is 1. The number of carbonyl (C=O) groups excluding carboxylic acids is 4. The van der Waals surface area contributed by atoms with Gasteiger partial charge in [-0.05, 0) is 88.3 Å². The number of hydrogen-bond acceptors (Lipinski definition) is 10. The third-order valence-electron chi connectivity index (χ3n) is 11.5. The Hall–Kier alpha value is -5.52. The van der Waals surface area contributed by atoms with Gasteiger partial charge in [0.05, 0.1) is 55.9 Å². The number of allylic oxidation sites excluding steroid dienone is 2. The first-order chi connectivity index (χ1) is 27.5. The number of nitro benzene ring substituents is 1. The molecule has 6 atom stereocenters. The Morgan fingerprint density at radius 1 is 1.00 bits per heavy atom. The highest BCUT2D eigenvalue weighted by atomic mass is 79.9. The van der Waals surface area contributed by atoms with E-state index in [4.69, 9.17) is 27.9 Å². The number of halogens is 6. The Morgan fingerprint density at radius 2 is 1.69 bits per heavy atom. The summed E-state index contributed by atoms with van der Waals surface area (Å²) in [7, 11) is 1.32. The second-order valence-corrected chi connectivity index (χ2v) is 16.0. The number of nitrogens with one attached hydrogen (secondary N) is 1. The van der Waals surface area contributed by atoms with E-state index in [1.54, 1.807) is 24.3 Å². The molecule has 13 nitrogen and oxygen atoms in total. The van der Waals surface area contributed by atoms with Gasteiger partial charge in [0, 0.05) is 29.3 Å². The van der Waals surface area contributed by atoms with Crippen LogP contribution in [0.25, 0.3) is 0 Å². The van der Waals surface area contributed by atoms with E-state index in [0.717, 1.165) is 4.90 Å². The number of aromatic nitrogens is 1. The minimum absolute atomic E-state index is 0.00699. The molecule has 8 rings (SSSR count). The number of phenolic OH excluding ortho intramolecular Hbond substituents is 1. The Kier molecular flexibility index (Phi) is 9.55. The van der Waals surface area contributed by atoms with Crippen LogP contribution in [0.4, 0.5) is 30.4 Å². The van der Waals surface area contributed by atoms with Crippen molar-refractivity contribution in [2.75, 3.05) is 17.4 Å². The molecule has 4 amide bonds. The second-order valence-electron chi connectivity index (χ2n) is 14.3. The number of rotatable bonds is 7. The van der Waals surface area contributed by atoms with Crippen LogP contribution in [0.3, 0.4) is 0 Å². The van der Waals surface area contributed by atoms with Gasteiger partial charge in [0.2, 0.25) is 11.8 Å². The molecule has 2 N–H and O–H groups in total. The normalized spacial score (nSPS) is 25.3. The average molecular weight is 901 g/mol. The van der Waals surface area contributed by atoms with Crippen molar-refractivity contribution in [2.45, 2.75) is 30.4 Å². The highest BCUT2D eigenvalue weighted by Gasteiger charge is 2.70. The summed E-state index contributed by atoms with van der Waals surface area (Å²) in [5.74, 6) is -8.62. The number of methoxy groups -OCH3 is 1. The number of amides is 4. The van der Waals surface area contributed by atoms with Crippen molar-refractivity contribution >= 4 is 80.0 Å². The largest absolute Gasteiger partial charge is 0.503 e. The van der Waals surface area contributed by atoms with Crippen LogP contribution in [0.5, 0.6) is 11.5 Å². The maximum absolute atomic E-state index is 15.4. The second kappa shape index (κ2) is 14.1. The molecule has 58 heavy (non-hydrogen) atoms. The third-order valence-corrected chi connectivity index (χ3v) is 12.6. The molecule has 0 unspecified atom stereocenters. The molecule has 2 saturated heterocycles. The van der Waals surface area contributed by atoms with Crippen molar-refractivity contribution in [3.8, 4) is 11.5 Å². The first-order valence-corrected chi connectivity index (χ1v) is 19.1. The number of imide groups is 2. The Morgan fingerprint density at radius 3 is 2.31 bits per heavy atom. The lowest BCUT2D eigenvalue weighted by molar-refractivity contribution is -0.384. The van der Waals surface area contributed by atoms with Crippen molar-refractivity contribution in [2.24, 2.45) is 23.7 Å². The smallest absolute Gasteiger partial charge is 0.417 e. The fraction of sp³-hybridized carbons (Fsp3) is 0.256. The number of hydrazine groups is 1. The number of fused-ring (bicyclic) bond motifs is 4. The molecule has 4 aromatic rings. The van der Waals surface area contributed by atoms with Crippen molar-refractivity contribution in [1.29, 1.82) is 0 Å². The summed E-state index contributed by atoms with van der Waals surface area (Å²) in [5.41, 5.74) is 0.677. The SMILES string of the molecule is COc1cc([C@H]2C3=CC[C@@H]4C(=O)N(c5ccc([N+](=O)[O-])cc5)C(=O)[C@@H]4[C@@H]3C[C@H]3C(=O)N(Nc4ncc(C(F)(F)F)cc4Cl)C(=O)[C@@]23c2ccc(Cl)cc2)cc(Br)c1O. The van der Waals surface area contributed by atoms with Crippen LogP contribution >= 0.6 is 39.1 Å². The molecular formula is C39H27BrCl2F3N5O8. The first kappa shape index (κ1) is 39.3. The summed E-state index contributed by atoms with van der Waals surface area (Å²) in [5, 5.41) is 22.6. The van der Waals surface area contributed by atoms with E-state index in [9.17, 15) is 42.8 Å². The third kappa shape index (κ3) is 5.92. The number of ether oxygens (including phenoxy) is 1. The first-order valence-electron chi connectivity index (χ1n) is 17.5. The summed E-state index contributed by atoms with van der Waals surface area (Å²) >= 11 is 16.0. The van der Waals surface area contributed by atoms with Crippen molar-refractivity contribution < 1.29 is 47.1 Å². The van der Waals surface area contributed by atoms with Gasteiger partial charge in [0.25, 0.3) is 17.5 Å². The summed E-state index contributed by atoms with van der Waals surface area (Å²) in [6.45, 7) is 0. The van der Waals surface area contributed by atoms with Crippen LogP contribution in [0.1, 0.15) is 35.4 Å². The van der Waals surface area contributed by atoms with E-state index in [-0.39, 0.29) is 40.2 Å². The molecule has 2 aliphatic heterocycles. The lowest BCUT2D eigenvalue weighted by Crippen LogP contribution is -2.53. The Labute approximate surface area is 344 Å². The predicted molar refractivity (Wildman–Crippen MR) is 205 cm³/mol. The van der Waals surface area contributed by atoms with E-state index < -0.39 is 86.1 Å². The fourth-order valence-electron chi connectivity index (χ4n) is 9.05. The number of pyridine rings is 1. The Bertz CT molecular complexity index is 2490. The summed E-state index contributed by atoms with van der Waals surface area (Å²) in [4.78, 5) is 74.4. The van der Waals surface area contributed by atoms with Gasteiger partial charge >= 0.3 is 6.18 Å². The lowest BCUT2D eigenvalue weighted by Gasteiger charge is -2.50. The molecule has 3 fully saturated rings. The average Bonchev–Trinajstić information content (AvgIpc) is 3.57. The van der Waals surface area contributed by atoms with Crippen LogP contribution in [0.15, 0.2) is 89.0 Å². The molecule has 1 saturated carbocycles. The lowest BCUT2D eigenvalue weighted by atomic mass is 9.49. The van der Waals surface area contributed by atoms with Crippen LogP contribution in [-0.2, 0) is 30.8 Å². The standard InChI is InChI=1S/C39H27BrCl2F3N5O8/c1-58-29-13-17(12-27(40)32(29)51)31-23-10-11-24-30(36(54)48(34(24)52)21-6-8-22(9-7-21)50(56)57)25(23)15-26-35(53)49(37(55)38(26,31)18-2-4-20(41)5-3-18)47-33-28(42)14-19(16-46-33)39(43,44)45/h2-10,12-14,16,24-26,30-31,51H,11,15H2,1H3,(H,46,47)/t24-,25+,26-,30-,31-,38+/m0/s1. The number of benzene rings is 3. The molecule has 19 heteroatoms. The maximum Gasteiger partial charge on any atom is 0.417 e. The van der Waals surface area contributed by atoms with Crippen LogP contribution in [-0.4, -0.2) is 50.8 Å². The van der Waals surface area contributed by atoms with Gasteiger partial charge in [-0.3, -0.25) is 39.6 Å². The number of phenols is 1. The summed E-state index contributed by atoms with van der Waals surface area (Å²) < 4.78 is 46.2. The molecule has 2 aliphatic carbocycles. The van der Waals surface area contributed by atoms with Gasteiger partial charge in [-0.1, -0.05) is 47.0 Å². The topological polar surface area (TPSA) is 172 Å². The number of carbonyl (C=O) groups is 4. The maximum atomic E-state index is 15.4. The molecule has 3 heterocycles. The van der Waals surface area contributed by atoms with E-state index in [1.165, 1.54) is 49.6 Å². The van der Waals surface area contributed by atoms with Gasteiger partial charge < -0.3 is 9.84 Å². The van der Waals surface area contributed by atoms with Gasteiger partial charge in [-0.2, -0.15) is 18.2 Å². The summed E-state index contributed by atoms with van der Waals surface area (Å²) in [6.07, 6.45) is -2.60. The molecule has 3 aromatic carbocycles. The number of hydrogen-bond donors (Lipinski definition) is 2. The van der Waals surface area contributed by atoms with Crippen LogP contribution < -0.4 is 15.1 Å². The number of nitro groups is 1. The highest BCUT2D eigenvalue weighted by Crippen LogP contribution is 2.65. The zero-order chi connectivity index (χ0) is 41.6. The fourth-order valence-corrected chi connectivity index (χ4v) is 9.85. The van der Waals surface area contributed by atoms with Crippen molar-refractivity contribution in [3.63, 3.8) is 0 Å². The monoisotopic (exact) mass is 899 g/mol. The zero-order valence-corrected chi connectivity index (χ0v) is 32.8. The number of nitrogens with zero attached hydrogens (tertiary/aromatic N) is 4. The summed E-state index contributed by atoms with van der Waals surface area (Å²) in [6, 6.07) is 14.9. The minimum Gasteiger partial charge on any atom is -0.503 e. The van der Waals surface area contributed by atoms with Gasteiger partial charge in [0.1, 0.15) is 0 Å². The van der Waals surface area contributed by atoms with Crippen molar-refractivity contribution in [3.05, 3.63) is 126 Å². The highest BCUT2D eigenvalue weighted by molar-refractivity contribution is 9.10. The zero-order valence-electron chi connectivity index (χ0n) is 29.7. The van der Waals surface area contributed by atoms with Gasteiger partial charge in [-0.15, -0.1) is 0 Å². The van der Waals surface area contributed by atoms with E-state index in [1.807, 2.05) is 0 Å². The Balaban J connectivity index is 1.32. The van der Waals surface area contributed by atoms with Crippen molar-refractivity contribution in [1.82, 2.24) is 9.99 Å². The molecule has 4 aliphatic rings. The number of aromatic hydroxyl groups is 1. The van der Waals surface area contributed by atoms with Crippen LogP contribution in [0.2, 0.25) is 10.0 Å². The van der Waals surface area contributed by atoms with E-state index >= 15 is 4.79 Å². The van der Waals surface area contributed by atoms with Crippen LogP contribution in [0, 0.1) is 33.8 Å². The minimum atomic E-state index is -4.79. The number of alkyl halides is 3.